The molecule has 2 aromatic heterocycles. The van der Waals surface area contributed by atoms with Crippen LogP contribution in [0.4, 0.5) is 0 Å². The number of pyridine rings is 1. The molecule has 0 atom stereocenters. The highest BCUT2D eigenvalue weighted by Crippen LogP contribution is 2.42. The first-order valence-corrected chi connectivity index (χ1v) is 15.1. The summed E-state index contributed by atoms with van der Waals surface area (Å²) in [6.45, 7) is 13.4. The van der Waals surface area contributed by atoms with Gasteiger partial charge in [0.15, 0.2) is 6.20 Å². The van der Waals surface area contributed by atoms with Crippen molar-refractivity contribution in [2.24, 2.45) is 12.5 Å². The van der Waals surface area contributed by atoms with Crippen molar-refractivity contribution >= 4 is 21.9 Å². The molecule has 0 amide bonds. The minimum Gasteiger partial charge on any atom is -0.454 e. The van der Waals surface area contributed by atoms with E-state index >= 15 is 0 Å². The maximum atomic E-state index is 10.2. The molecule has 0 saturated carbocycles. The van der Waals surface area contributed by atoms with Gasteiger partial charge in [0, 0.05) is 28.5 Å². The van der Waals surface area contributed by atoms with Crippen LogP contribution in [0.1, 0.15) is 62.8 Å². The van der Waals surface area contributed by atoms with Crippen LogP contribution in [-0.4, -0.2) is 0 Å². The van der Waals surface area contributed by atoms with Gasteiger partial charge in [-0.25, -0.2) is 4.57 Å². The van der Waals surface area contributed by atoms with Crippen LogP contribution in [0.5, 0.6) is 0 Å². The number of nitriles is 1. The van der Waals surface area contributed by atoms with Crippen LogP contribution in [0.2, 0.25) is 0 Å². The molecule has 214 valence electrons. The van der Waals surface area contributed by atoms with Gasteiger partial charge in [-0.2, -0.15) is 5.26 Å². The first-order valence-electron chi connectivity index (χ1n) is 15.1. The van der Waals surface area contributed by atoms with Crippen LogP contribution in [0.3, 0.4) is 0 Å². The fraction of sp³-hybridized carbons (Fsp3) is 0.250. The topological polar surface area (TPSA) is 40.8 Å². The van der Waals surface area contributed by atoms with Gasteiger partial charge in [0.1, 0.15) is 18.2 Å². The molecule has 0 unspecified atom stereocenters. The van der Waals surface area contributed by atoms with Crippen molar-refractivity contribution in [3.8, 4) is 39.6 Å². The third-order valence-electron chi connectivity index (χ3n) is 8.41. The molecule has 6 aromatic rings. The number of rotatable bonds is 5. The molecule has 0 N–H and O–H groups in total. The van der Waals surface area contributed by atoms with Crippen LogP contribution < -0.4 is 4.57 Å². The number of aryl methyl sites for hydroxylation is 2. The maximum absolute atomic E-state index is 10.2. The molecule has 0 aliphatic rings. The van der Waals surface area contributed by atoms with Crippen molar-refractivity contribution in [1.29, 1.82) is 5.26 Å². The molecule has 0 aliphatic carbocycles. The van der Waals surface area contributed by atoms with E-state index in [4.69, 9.17) is 4.42 Å². The molecule has 4 aromatic carbocycles. The van der Waals surface area contributed by atoms with Crippen molar-refractivity contribution in [3.63, 3.8) is 0 Å². The van der Waals surface area contributed by atoms with Gasteiger partial charge in [-0.1, -0.05) is 89.2 Å². The Hall–Kier alpha value is -4.68. The molecule has 0 fully saturated rings. The monoisotopic (exact) mass is 563 g/mol. The summed E-state index contributed by atoms with van der Waals surface area (Å²) in [7, 11) is 2.09. The van der Waals surface area contributed by atoms with E-state index in [0.717, 1.165) is 67.4 Å². The fourth-order valence-corrected chi connectivity index (χ4v) is 6.20. The van der Waals surface area contributed by atoms with Crippen LogP contribution >= 0.6 is 0 Å². The third-order valence-corrected chi connectivity index (χ3v) is 8.41. The van der Waals surface area contributed by atoms with Crippen LogP contribution in [0.25, 0.3) is 55.4 Å². The second-order valence-corrected chi connectivity index (χ2v) is 13.3. The van der Waals surface area contributed by atoms with Gasteiger partial charge < -0.3 is 4.42 Å². The Kier molecular flexibility index (Phi) is 7.18. The van der Waals surface area contributed by atoms with Gasteiger partial charge in [-0.15, -0.1) is 0 Å². The van der Waals surface area contributed by atoms with Crippen molar-refractivity contribution in [3.05, 3.63) is 113 Å². The lowest BCUT2D eigenvalue weighted by molar-refractivity contribution is -0.660. The Morgan fingerprint density at radius 2 is 1.47 bits per heavy atom. The summed E-state index contributed by atoms with van der Waals surface area (Å²) in [6.07, 6.45) is 3.14. The molecular formula is C40H39N2O+. The van der Waals surface area contributed by atoms with E-state index < -0.39 is 0 Å². The number of furan rings is 1. The van der Waals surface area contributed by atoms with E-state index in [1.54, 1.807) is 0 Å². The zero-order valence-electron chi connectivity index (χ0n) is 26.2. The van der Waals surface area contributed by atoms with Gasteiger partial charge >= 0.3 is 0 Å². The lowest BCUT2D eigenvalue weighted by Crippen LogP contribution is -2.31. The average molecular weight is 564 g/mol. The smallest absolute Gasteiger partial charge is 0.216 e. The van der Waals surface area contributed by atoms with Gasteiger partial charge in [-0.05, 0) is 76.3 Å². The fourth-order valence-electron chi connectivity index (χ4n) is 6.20. The predicted molar refractivity (Wildman–Crippen MR) is 178 cm³/mol. The highest BCUT2D eigenvalue weighted by atomic mass is 16.3. The number of nitrogens with zero attached hydrogens (tertiary/aromatic N) is 2. The van der Waals surface area contributed by atoms with Gasteiger partial charge in [0.2, 0.25) is 5.69 Å². The summed E-state index contributed by atoms with van der Waals surface area (Å²) in [4.78, 5) is 0. The van der Waals surface area contributed by atoms with Crippen molar-refractivity contribution in [2.45, 2.75) is 53.9 Å². The second kappa shape index (κ2) is 10.9. The van der Waals surface area contributed by atoms with Crippen LogP contribution in [0.15, 0.2) is 95.5 Å². The molecule has 2 heterocycles. The van der Waals surface area contributed by atoms with E-state index in [9.17, 15) is 5.26 Å². The van der Waals surface area contributed by atoms with E-state index in [1.807, 2.05) is 12.1 Å². The first kappa shape index (κ1) is 28.4. The summed E-state index contributed by atoms with van der Waals surface area (Å²) < 4.78 is 9.04. The molecule has 0 saturated heterocycles. The largest absolute Gasteiger partial charge is 0.454 e. The van der Waals surface area contributed by atoms with Crippen molar-refractivity contribution in [2.75, 3.05) is 0 Å². The molecule has 3 heteroatoms. The highest BCUT2D eigenvalue weighted by Gasteiger charge is 2.24. The van der Waals surface area contributed by atoms with E-state index in [1.165, 1.54) is 11.1 Å². The van der Waals surface area contributed by atoms with E-state index in [0.29, 0.717) is 11.5 Å². The second-order valence-electron chi connectivity index (χ2n) is 13.3. The Morgan fingerprint density at radius 1 is 0.791 bits per heavy atom. The summed E-state index contributed by atoms with van der Waals surface area (Å²) in [5, 5.41) is 12.3. The Balaban J connectivity index is 1.56. The molecule has 0 spiro atoms. The van der Waals surface area contributed by atoms with Crippen molar-refractivity contribution in [1.82, 2.24) is 0 Å². The zero-order chi connectivity index (χ0) is 30.5. The molecule has 0 radical (unpaired) electrons. The Morgan fingerprint density at radius 3 is 2.14 bits per heavy atom. The molecular weight excluding hydrogens is 524 g/mol. The molecule has 6 rings (SSSR count). The molecule has 43 heavy (non-hydrogen) atoms. The number of hydrogen-bond donors (Lipinski definition) is 0. The molecule has 3 nitrogen and oxygen atoms in total. The maximum Gasteiger partial charge on any atom is 0.216 e. The Labute approximate surface area is 255 Å². The van der Waals surface area contributed by atoms with Crippen LogP contribution in [0, 0.1) is 23.7 Å². The SMILES string of the molecule is Cc1ccc2c(oc3c(-c4cccc(-c5ccc(C(C)C)cc5)c4)c(C#N)ccc32)c1-c1cc(CC(C)(C)C)cc[n+]1C. The Bertz CT molecular complexity index is 2030. The minimum absolute atomic E-state index is 0.186. The molecule has 0 bridgehead atoms. The lowest BCUT2D eigenvalue weighted by Gasteiger charge is -2.18. The number of fused-ring (bicyclic) bond motifs is 3. The molecule has 0 aliphatic heterocycles. The normalized spacial score (nSPS) is 11.9. The summed E-state index contributed by atoms with van der Waals surface area (Å²) in [5.74, 6) is 0.487. The highest BCUT2D eigenvalue weighted by molar-refractivity contribution is 6.14. The summed E-state index contributed by atoms with van der Waals surface area (Å²) in [6, 6.07) is 32.5. The average Bonchev–Trinajstić information content (AvgIpc) is 3.35. The standard InChI is InChI=1S/C40H39N2O/c1-25(2)28-12-14-29(15-13-28)30-9-8-10-31(22-30)37-32(24-41)16-18-34-33-17-11-26(3)36(38(33)43-39(34)37)35-21-27(19-20-42(35)7)23-40(4,5)6/h8-22,25H,23H2,1-7H3/q+1. The van der Waals surface area contributed by atoms with Gasteiger partial charge in [0.05, 0.1) is 17.2 Å². The van der Waals surface area contributed by atoms with Crippen LogP contribution in [-0.2, 0) is 13.5 Å². The summed E-state index contributed by atoms with van der Waals surface area (Å²) >= 11 is 0. The first-order chi connectivity index (χ1) is 20.5. The lowest BCUT2D eigenvalue weighted by atomic mass is 9.87. The van der Waals surface area contributed by atoms with Gasteiger partial charge in [0.25, 0.3) is 0 Å². The van der Waals surface area contributed by atoms with E-state index in [-0.39, 0.29) is 5.41 Å². The van der Waals surface area contributed by atoms with Gasteiger partial charge in [-0.3, -0.25) is 0 Å². The zero-order valence-corrected chi connectivity index (χ0v) is 26.2. The summed E-state index contributed by atoms with van der Waals surface area (Å²) in [5.41, 5.74) is 12.5. The quantitative estimate of drug-likeness (QED) is 0.196. The number of benzene rings is 4. The number of hydrogen-bond acceptors (Lipinski definition) is 2. The van der Waals surface area contributed by atoms with E-state index in [2.05, 4.69) is 138 Å². The minimum atomic E-state index is 0.186. The van der Waals surface area contributed by atoms with Crippen molar-refractivity contribution < 1.29 is 8.98 Å². The number of aromatic nitrogens is 1. The predicted octanol–water partition coefficient (Wildman–Crippen LogP) is 10.3. The third kappa shape index (κ3) is 5.35.